The number of hydrogen-bond acceptors (Lipinski definition) is 4. The second-order valence-corrected chi connectivity index (χ2v) is 4.58. The number of ether oxygens (including phenoxy) is 2. The molecule has 0 bridgehead atoms. The Morgan fingerprint density at radius 2 is 2.06 bits per heavy atom. The van der Waals surface area contributed by atoms with Gasteiger partial charge in [-0.3, -0.25) is 0 Å². The molecular formula is C12H11Cl2NO3. The van der Waals surface area contributed by atoms with Gasteiger partial charge in [-0.25, -0.2) is 9.79 Å². The van der Waals surface area contributed by atoms with E-state index in [-0.39, 0.29) is 0 Å². The van der Waals surface area contributed by atoms with Crippen LogP contribution in [0.1, 0.15) is 18.6 Å². The molecule has 1 heterocycles. The predicted molar refractivity (Wildman–Crippen MR) is 69.2 cm³/mol. The van der Waals surface area contributed by atoms with E-state index >= 15 is 0 Å². The molecule has 18 heavy (non-hydrogen) atoms. The molecule has 2 rings (SSSR count). The maximum absolute atomic E-state index is 11.7. The van der Waals surface area contributed by atoms with E-state index in [1.54, 1.807) is 25.1 Å². The van der Waals surface area contributed by atoms with Crippen LogP contribution in [-0.4, -0.2) is 25.0 Å². The summed E-state index contributed by atoms with van der Waals surface area (Å²) in [6.45, 7) is 2.04. The lowest BCUT2D eigenvalue weighted by molar-refractivity contribution is -0.146. The number of nitrogens with zero attached hydrogens (tertiary/aromatic N) is 1. The molecule has 0 radical (unpaired) electrons. The molecule has 4 nitrogen and oxygen atoms in total. The zero-order valence-electron chi connectivity index (χ0n) is 9.60. The fraction of sp³-hybridized carbons (Fsp3) is 0.333. The van der Waals surface area contributed by atoms with Gasteiger partial charge in [-0.2, -0.15) is 0 Å². The van der Waals surface area contributed by atoms with Gasteiger partial charge in [0.25, 0.3) is 0 Å². The van der Waals surface area contributed by atoms with Crippen LogP contribution in [-0.2, 0) is 14.3 Å². The van der Waals surface area contributed by atoms with Crippen molar-refractivity contribution in [2.24, 2.45) is 4.99 Å². The van der Waals surface area contributed by atoms with Gasteiger partial charge in [0, 0.05) is 10.0 Å². The molecule has 0 saturated heterocycles. The molecule has 1 aromatic carbocycles. The number of carbonyl (C=O) groups is 1. The van der Waals surface area contributed by atoms with Crippen LogP contribution >= 0.6 is 23.2 Å². The van der Waals surface area contributed by atoms with Gasteiger partial charge in [0.1, 0.15) is 0 Å². The highest BCUT2D eigenvalue weighted by Crippen LogP contribution is 2.31. The van der Waals surface area contributed by atoms with E-state index in [1.807, 2.05) is 0 Å². The Kier molecular flexibility index (Phi) is 4.09. The maximum atomic E-state index is 11.7. The number of halogens is 2. The van der Waals surface area contributed by atoms with Gasteiger partial charge in [0.05, 0.1) is 6.61 Å². The monoisotopic (exact) mass is 287 g/mol. The number of hydrogen-bond donors (Lipinski definition) is 0. The molecule has 0 N–H and O–H groups in total. The lowest BCUT2D eigenvalue weighted by Crippen LogP contribution is -2.26. The maximum Gasteiger partial charge on any atom is 0.335 e. The molecule has 0 amide bonds. The fourth-order valence-corrected chi connectivity index (χ4v) is 2.27. The Balaban J connectivity index is 2.24. The SMILES string of the molecule is CCOC(=O)C1N=COC1c1cc(Cl)cc(Cl)c1. The summed E-state index contributed by atoms with van der Waals surface area (Å²) in [4.78, 5) is 15.7. The summed E-state index contributed by atoms with van der Waals surface area (Å²) in [7, 11) is 0. The minimum Gasteiger partial charge on any atom is -0.473 e. The molecular weight excluding hydrogens is 277 g/mol. The van der Waals surface area contributed by atoms with Gasteiger partial charge in [-0.05, 0) is 30.7 Å². The minimum atomic E-state index is -0.709. The Hall–Kier alpha value is -1.26. The first-order chi connectivity index (χ1) is 8.61. The molecule has 0 saturated carbocycles. The highest BCUT2D eigenvalue weighted by Gasteiger charge is 2.35. The van der Waals surface area contributed by atoms with Crippen molar-refractivity contribution in [3.05, 3.63) is 33.8 Å². The first kappa shape index (κ1) is 13.2. The lowest BCUT2D eigenvalue weighted by Gasteiger charge is -2.16. The number of rotatable bonds is 3. The quantitative estimate of drug-likeness (QED) is 0.803. The van der Waals surface area contributed by atoms with Gasteiger partial charge >= 0.3 is 5.97 Å². The summed E-state index contributed by atoms with van der Waals surface area (Å²) in [5, 5.41) is 0.964. The van der Waals surface area contributed by atoms with Crippen molar-refractivity contribution in [2.75, 3.05) is 6.61 Å². The summed E-state index contributed by atoms with van der Waals surface area (Å²) in [5.41, 5.74) is 0.697. The first-order valence-electron chi connectivity index (χ1n) is 5.41. The van der Waals surface area contributed by atoms with E-state index in [0.717, 1.165) is 0 Å². The lowest BCUT2D eigenvalue weighted by atomic mass is 10.0. The standard InChI is InChI=1S/C12H11Cl2NO3/c1-2-17-12(16)10-11(18-6-15-10)7-3-8(13)5-9(14)4-7/h3-6,10-11H,2H2,1H3. The molecule has 0 aromatic heterocycles. The molecule has 6 heteroatoms. The predicted octanol–water partition coefficient (Wildman–Crippen LogP) is 3.02. The molecule has 2 atom stereocenters. The second kappa shape index (κ2) is 5.59. The molecule has 96 valence electrons. The van der Waals surface area contributed by atoms with Crippen molar-refractivity contribution >= 4 is 35.6 Å². The Labute approximate surface area is 115 Å². The average Bonchev–Trinajstić information content (AvgIpc) is 2.76. The fourth-order valence-electron chi connectivity index (χ4n) is 1.73. The van der Waals surface area contributed by atoms with Gasteiger partial charge < -0.3 is 9.47 Å². The first-order valence-corrected chi connectivity index (χ1v) is 6.17. The molecule has 0 aliphatic carbocycles. The van der Waals surface area contributed by atoms with Crippen molar-refractivity contribution in [3.63, 3.8) is 0 Å². The van der Waals surface area contributed by atoms with E-state index in [1.165, 1.54) is 6.40 Å². The molecule has 1 aromatic rings. The van der Waals surface area contributed by atoms with Crippen LogP contribution in [0.5, 0.6) is 0 Å². The van der Waals surface area contributed by atoms with E-state index in [9.17, 15) is 4.79 Å². The zero-order chi connectivity index (χ0) is 13.1. The molecule has 1 aliphatic heterocycles. The van der Waals surface area contributed by atoms with Crippen molar-refractivity contribution in [1.29, 1.82) is 0 Å². The highest BCUT2D eigenvalue weighted by atomic mass is 35.5. The number of esters is 1. The number of aliphatic imine (C=N–C) groups is 1. The van der Waals surface area contributed by atoms with Crippen LogP contribution in [0.15, 0.2) is 23.2 Å². The van der Waals surface area contributed by atoms with Crippen molar-refractivity contribution < 1.29 is 14.3 Å². The third-order valence-electron chi connectivity index (χ3n) is 2.46. The normalized spacial score (nSPS) is 21.7. The second-order valence-electron chi connectivity index (χ2n) is 3.71. The average molecular weight is 288 g/mol. The van der Waals surface area contributed by atoms with Gasteiger partial charge in [-0.1, -0.05) is 23.2 Å². The van der Waals surface area contributed by atoms with Crippen molar-refractivity contribution in [1.82, 2.24) is 0 Å². The van der Waals surface area contributed by atoms with E-state index < -0.39 is 18.1 Å². The summed E-state index contributed by atoms with van der Waals surface area (Å²) >= 11 is 11.8. The van der Waals surface area contributed by atoms with E-state index in [0.29, 0.717) is 22.2 Å². The van der Waals surface area contributed by atoms with Crippen LogP contribution in [0.3, 0.4) is 0 Å². The highest BCUT2D eigenvalue weighted by molar-refractivity contribution is 6.34. The molecule has 0 spiro atoms. The summed E-state index contributed by atoms with van der Waals surface area (Å²) in [5.74, 6) is -0.424. The van der Waals surface area contributed by atoms with Crippen LogP contribution < -0.4 is 0 Å². The summed E-state index contributed by atoms with van der Waals surface area (Å²) < 4.78 is 10.3. The van der Waals surface area contributed by atoms with Crippen LogP contribution in [0.2, 0.25) is 10.0 Å². The van der Waals surface area contributed by atoms with E-state index in [2.05, 4.69) is 4.99 Å². The number of benzene rings is 1. The van der Waals surface area contributed by atoms with Gasteiger partial charge in [-0.15, -0.1) is 0 Å². The molecule has 0 fully saturated rings. The number of carbonyl (C=O) groups excluding carboxylic acids is 1. The van der Waals surface area contributed by atoms with Crippen LogP contribution in [0.25, 0.3) is 0 Å². The van der Waals surface area contributed by atoms with Crippen LogP contribution in [0, 0.1) is 0 Å². The largest absolute Gasteiger partial charge is 0.473 e. The third kappa shape index (κ3) is 2.76. The topological polar surface area (TPSA) is 47.9 Å². The third-order valence-corrected chi connectivity index (χ3v) is 2.89. The van der Waals surface area contributed by atoms with E-state index in [4.69, 9.17) is 32.7 Å². The minimum absolute atomic E-state index is 0.299. The molecule has 1 aliphatic rings. The van der Waals surface area contributed by atoms with Gasteiger partial charge in [0.15, 0.2) is 18.5 Å². The zero-order valence-corrected chi connectivity index (χ0v) is 11.1. The van der Waals surface area contributed by atoms with Gasteiger partial charge in [0.2, 0.25) is 0 Å². The Morgan fingerprint density at radius 3 is 2.67 bits per heavy atom. The summed E-state index contributed by atoms with van der Waals surface area (Å²) in [6, 6.07) is 4.29. The Bertz CT molecular complexity index is 470. The summed E-state index contributed by atoms with van der Waals surface area (Å²) in [6.07, 6.45) is 0.710. The van der Waals surface area contributed by atoms with Crippen molar-refractivity contribution in [3.8, 4) is 0 Å². The smallest absolute Gasteiger partial charge is 0.335 e. The Morgan fingerprint density at radius 1 is 1.39 bits per heavy atom. The van der Waals surface area contributed by atoms with Crippen LogP contribution in [0.4, 0.5) is 0 Å². The van der Waals surface area contributed by atoms with Crippen molar-refractivity contribution in [2.45, 2.75) is 19.1 Å². The molecule has 2 unspecified atom stereocenters.